The SMILES string of the molecule is C[C@@H]1CN(c2nc(Cc3ccccc3)ns2)CCN1C(=O)/C=C/c1ccccc1. The summed E-state index contributed by atoms with van der Waals surface area (Å²) in [4.78, 5) is 21.5. The third-order valence-corrected chi connectivity index (χ3v) is 5.88. The Morgan fingerprint density at radius 1 is 1.10 bits per heavy atom. The first kappa shape index (κ1) is 19.3. The van der Waals surface area contributed by atoms with Crippen molar-refractivity contribution in [3.63, 3.8) is 0 Å². The molecule has 0 radical (unpaired) electrons. The molecule has 1 amide bonds. The van der Waals surface area contributed by atoms with Crippen LogP contribution in [-0.4, -0.2) is 45.8 Å². The van der Waals surface area contributed by atoms with Gasteiger partial charge in [-0.15, -0.1) is 0 Å². The number of aromatic nitrogens is 2. The molecular formula is C23H24N4OS. The highest BCUT2D eigenvalue weighted by molar-refractivity contribution is 7.09. The minimum absolute atomic E-state index is 0.0584. The summed E-state index contributed by atoms with van der Waals surface area (Å²) >= 11 is 1.44. The number of hydrogen-bond donors (Lipinski definition) is 0. The van der Waals surface area contributed by atoms with Crippen LogP contribution in [0.15, 0.2) is 66.7 Å². The molecule has 2 aromatic carbocycles. The lowest BCUT2D eigenvalue weighted by Gasteiger charge is -2.39. The monoisotopic (exact) mass is 404 g/mol. The van der Waals surface area contributed by atoms with E-state index in [9.17, 15) is 4.79 Å². The van der Waals surface area contributed by atoms with E-state index in [0.29, 0.717) is 6.54 Å². The van der Waals surface area contributed by atoms with E-state index in [1.165, 1.54) is 17.1 Å². The van der Waals surface area contributed by atoms with Crippen molar-refractivity contribution in [2.24, 2.45) is 0 Å². The number of anilines is 1. The van der Waals surface area contributed by atoms with E-state index in [2.05, 4.69) is 28.3 Å². The molecule has 1 aliphatic rings. The standard InChI is InChI=1S/C23H24N4OS/c1-18-17-26(23-24-21(25-29-23)16-20-10-6-3-7-11-20)14-15-27(18)22(28)13-12-19-8-4-2-5-9-19/h2-13,18H,14-17H2,1H3/b13-12+/t18-/m1/s1. The second-order valence-corrected chi connectivity index (χ2v) is 7.96. The number of nitrogens with zero attached hydrogens (tertiary/aromatic N) is 4. The van der Waals surface area contributed by atoms with Crippen LogP contribution in [0, 0.1) is 0 Å². The minimum atomic E-state index is 0.0584. The van der Waals surface area contributed by atoms with Gasteiger partial charge in [0, 0.05) is 49.7 Å². The van der Waals surface area contributed by atoms with Crippen LogP contribution in [0.4, 0.5) is 5.13 Å². The highest BCUT2D eigenvalue weighted by Crippen LogP contribution is 2.22. The predicted octanol–water partition coefficient (Wildman–Crippen LogP) is 3.88. The van der Waals surface area contributed by atoms with Gasteiger partial charge in [0.15, 0.2) is 0 Å². The third kappa shape index (κ3) is 4.90. The molecule has 1 aliphatic heterocycles. The number of benzene rings is 2. The van der Waals surface area contributed by atoms with Gasteiger partial charge < -0.3 is 9.80 Å². The lowest BCUT2D eigenvalue weighted by molar-refractivity contribution is -0.128. The maximum Gasteiger partial charge on any atom is 0.246 e. The van der Waals surface area contributed by atoms with Gasteiger partial charge in [0.25, 0.3) is 0 Å². The Hall–Kier alpha value is -2.99. The van der Waals surface area contributed by atoms with E-state index in [1.807, 2.05) is 59.5 Å². The summed E-state index contributed by atoms with van der Waals surface area (Å²) in [7, 11) is 0. The maximum atomic E-state index is 12.6. The molecule has 0 spiro atoms. The van der Waals surface area contributed by atoms with Gasteiger partial charge in [0.05, 0.1) is 0 Å². The molecule has 1 aromatic heterocycles. The largest absolute Gasteiger partial charge is 0.343 e. The second-order valence-electron chi connectivity index (χ2n) is 7.23. The fraction of sp³-hybridized carbons (Fsp3) is 0.261. The molecule has 4 rings (SSSR count). The summed E-state index contributed by atoms with van der Waals surface area (Å²) in [5, 5.41) is 0.940. The van der Waals surface area contributed by atoms with Gasteiger partial charge in [-0.3, -0.25) is 4.79 Å². The predicted molar refractivity (Wildman–Crippen MR) is 118 cm³/mol. The Morgan fingerprint density at radius 3 is 2.55 bits per heavy atom. The quantitative estimate of drug-likeness (QED) is 0.606. The highest BCUT2D eigenvalue weighted by Gasteiger charge is 2.28. The number of carbonyl (C=O) groups excluding carboxylic acids is 1. The van der Waals surface area contributed by atoms with Crippen molar-refractivity contribution in [3.05, 3.63) is 83.7 Å². The zero-order chi connectivity index (χ0) is 20.1. The van der Waals surface area contributed by atoms with Crippen molar-refractivity contribution in [3.8, 4) is 0 Å². The maximum absolute atomic E-state index is 12.6. The average Bonchev–Trinajstić information content (AvgIpc) is 3.22. The van der Waals surface area contributed by atoms with E-state index in [1.54, 1.807) is 6.08 Å². The van der Waals surface area contributed by atoms with Crippen LogP contribution in [0.3, 0.4) is 0 Å². The van der Waals surface area contributed by atoms with Gasteiger partial charge in [-0.2, -0.15) is 4.37 Å². The van der Waals surface area contributed by atoms with Crippen LogP contribution in [0.1, 0.15) is 23.9 Å². The normalized spacial score (nSPS) is 17.1. The molecule has 1 fully saturated rings. The van der Waals surface area contributed by atoms with Crippen LogP contribution >= 0.6 is 11.5 Å². The van der Waals surface area contributed by atoms with Gasteiger partial charge in [-0.05, 0) is 24.1 Å². The Morgan fingerprint density at radius 2 is 1.83 bits per heavy atom. The van der Waals surface area contributed by atoms with E-state index in [-0.39, 0.29) is 11.9 Å². The van der Waals surface area contributed by atoms with Crippen LogP contribution in [0.25, 0.3) is 6.08 Å². The minimum Gasteiger partial charge on any atom is -0.343 e. The molecule has 0 aliphatic carbocycles. The van der Waals surface area contributed by atoms with Crippen LogP contribution in [0.2, 0.25) is 0 Å². The highest BCUT2D eigenvalue weighted by atomic mass is 32.1. The molecule has 1 saturated heterocycles. The van der Waals surface area contributed by atoms with Crippen LogP contribution in [0.5, 0.6) is 0 Å². The zero-order valence-electron chi connectivity index (χ0n) is 16.4. The number of piperazine rings is 1. The molecule has 29 heavy (non-hydrogen) atoms. The van der Waals surface area contributed by atoms with E-state index in [4.69, 9.17) is 4.98 Å². The number of carbonyl (C=O) groups is 1. The number of hydrogen-bond acceptors (Lipinski definition) is 5. The molecule has 148 valence electrons. The molecule has 1 atom stereocenters. The molecule has 0 saturated carbocycles. The smallest absolute Gasteiger partial charge is 0.246 e. The van der Waals surface area contributed by atoms with Gasteiger partial charge in [-0.1, -0.05) is 60.7 Å². The van der Waals surface area contributed by atoms with Gasteiger partial charge in [-0.25, -0.2) is 4.98 Å². The fourth-order valence-electron chi connectivity index (χ4n) is 3.51. The summed E-state index contributed by atoms with van der Waals surface area (Å²) in [6.07, 6.45) is 4.29. The second kappa shape index (κ2) is 9.01. The topological polar surface area (TPSA) is 49.3 Å². The number of amides is 1. The zero-order valence-corrected chi connectivity index (χ0v) is 17.3. The van der Waals surface area contributed by atoms with E-state index >= 15 is 0 Å². The molecule has 6 heteroatoms. The van der Waals surface area contributed by atoms with E-state index in [0.717, 1.165) is 36.0 Å². The lowest BCUT2D eigenvalue weighted by atomic mass is 10.1. The van der Waals surface area contributed by atoms with Gasteiger partial charge >= 0.3 is 0 Å². The van der Waals surface area contributed by atoms with Crippen molar-refractivity contribution >= 4 is 28.6 Å². The fourth-order valence-corrected chi connectivity index (χ4v) is 4.23. The third-order valence-electron chi connectivity index (χ3n) is 5.06. The molecule has 0 N–H and O–H groups in total. The Labute approximate surface area is 175 Å². The summed E-state index contributed by atoms with van der Waals surface area (Å²) in [5.74, 6) is 0.913. The van der Waals surface area contributed by atoms with Crippen molar-refractivity contribution in [1.29, 1.82) is 0 Å². The first-order valence-corrected chi connectivity index (χ1v) is 10.6. The average molecular weight is 405 g/mol. The first-order valence-electron chi connectivity index (χ1n) is 9.84. The molecule has 0 unspecified atom stereocenters. The Kier molecular flexibility index (Phi) is 6.00. The molecular weight excluding hydrogens is 380 g/mol. The van der Waals surface area contributed by atoms with Crippen LogP contribution < -0.4 is 4.90 Å². The molecule has 3 aromatic rings. The van der Waals surface area contributed by atoms with Crippen molar-refractivity contribution in [2.75, 3.05) is 24.5 Å². The molecule has 2 heterocycles. The van der Waals surface area contributed by atoms with Crippen LogP contribution in [-0.2, 0) is 11.2 Å². The van der Waals surface area contributed by atoms with Gasteiger partial charge in [0.1, 0.15) is 5.82 Å². The van der Waals surface area contributed by atoms with E-state index < -0.39 is 0 Å². The summed E-state index contributed by atoms with van der Waals surface area (Å²) in [6.45, 7) is 4.32. The summed E-state index contributed by atoms with van der Waals surface area (Å²) < 4.78 is 4.53. The Balaban J connectivity index is 1.35. The first-order chi connectivity index (χ1) is 14.2. The number of rotatable bonds is 5. The van der Waals surface area contributed by atoms with Gasteiger partial charge in [0.2, 0.25) is 11.0 Å². The van der Waals surface area contributed by atoms with Crippen molar-refractivity contribution in [1.82, 2.24) is 14.3 Å². The molecule has 0 bridgehead atoms. The van der Waals surface area contributed by atoms with Crippen molar-refractivity contribution < 1.29 is 4.79 Å². The summed E-state index contributed by atoms with van der Waals surface area (Å²) in [5.41, 5.74) is 2.25. The summed E-state index contributed by atoms with van der Waals surface area (Å²) in [6, 6.07) is 20.3. The Bertz CT molecular complexity index is 971. The lowest BCUT2D eigenvalue weighted by Crippen LogP contribution is -2.53. The molecule has 5 nitrogen and oxygen atoms in total. The van der Waals surface area contributed by atoms with Crippen molar-refractivity contribution in [2.45, 2.75) is 19.4 Å².